The number of benzene rings is 1. The largest absolute Gasteiger partial charge is 0.479 e. The van der Waals surface area contributed by atoms with Crippen LogP contribution in [0.4, 0.5) is 5.69 Å². The molecule has 1 atom stereocenters. The molecule has 1 heterocycles. The van der Waals surface area contributed by atoms with Gasteiger partial charge in [-0.05, 0) is 38.0 Å². The molecule has 112 valence electrons. The lowest BCUT2D eigenvalue weighted by molar-refractivity contribution is -0.137. The van der Waals surface area contributed by atoms with Crippen molar-refractivity contribution in [2.24, 2.45) is 0 Å². The Kier molecular flexibility index (Phi) is 5.04. The number of nitriles is 1. The van der Waals surface area contributed by atoms with Gasteiger partial charge in [0.1, 0.15) is 5.75 Å². The highest BCUT2D eigenvalue weighted by Gasteiger charge is 2.23. The minimum absolute atomic E-state index is 0.000611. The number of carbonyl (C=O) groups excluding carboxylic acids is 1. The number of carbonyl (C=O) groups is 1. The number of nitrogens with two attached hydrogens (primary N) is 1. The predicted octanol–water partition coefficient (Wildman–Crippen LogP) is 2.31. The van der Waals surface area contributed by atoms with Crippen LogP contribution in [0, 0.1) is 11.3 Å². The Morgan fingerprint density at radius 1 is 1.33 bits per heavy atom. The molecule has 0 saturated carbocycles. The zero-order chi connectivity index (χ0) is 15.2. The third-order valence-corrected chi connectivity index (χ3v) is 3.71. The van der Waals surface area contributed by atoms with Crippen LogP contribution in [0.25, 0.3) is 0 Å². The second-order valence-electron chi connectivity index (χ2n) is 5.36. The molecular formula is C16H21N3O2. The summed E-state index contributed by atoms with van der Waals surface area (Å²) in [4.78, 5) is 14.3. The van der Waals surface area contributed by atoms with Crippen LogP contribution in [0.5, 0.6) is 5.75 Å². The van der Waals surface area contributed by atoms with Gasteiger partial charge in [0.05, 0.1) is 17.3 Å². The van der Waals surface area contributed by atoms with Gasteiger partial charge in [-0.1, -0.05) is 12.8 Å². The number of hydrogen-bond donors (Lipinski definition) is 1. The number of hydrogen-bond acceptors (Lipinski definition) is 4. The average Bonchev–Trinajstić information content (AvgIpc) is 2.77. The van der Waals surface area contributed by atoms with Crippen LogP contribution < -0.4 is 10.5 Å². The van der Waals surface area contributed by atoms with Crippen molar-refractivity contribution in [2.75, 3.05) is 18.8 Å². The second kappa shape index (κ2) is 6.98. The van der Waals surface area contributed by atoms with E-state index in [1.165, 1.54) is 12.8 Å². The van der Waals surface area contributed by atoms with E-state index in [1.807, 2.05) is 11.0 Å². The summed E-state index contributed by atoms with van der Waals surface area (Å²) >= 11 is 0. The van der Waals surface area contributed by atoms with Crippen molar-refractivity contribution in [1.29, 1.82) is 5.26 Å². The Morgan fingerprint density at radius 3 is 2.57 bits per heavy atom. The molecule has 1 aromatic carbocycles. The van der Waals surface area contributed by atoms with Crippen molar-refractivity contribution in [3.8, 4) is 11.8 Å². The predicted molar refractivity (Wildman–Crippen MR) is 80.7 cm³/mol. The fourth-order valence-corrected chi connectivity index (χ4v) is 2.51. The van der Waals surface area contributed by atoms with Crippen molar-refractivity contribution in [3.05, 3.63) is 23.8 Å². The van der Waals surface area contributed by atoms with Gasteiger partial charge in [0.15, 0.2) is 6.10 Å². The first kappa shape index (κ1) is 15.2. The van der Waals surface area contributed by atoms with E-state index in [4.69, 9.17) is 15.7 Å². The Labute approximate surface area is 125 Å². The first-order valence-electron chi connectivity index (χ1n) is 7.37. The first-order valence-corrected chi connectivity index (χ1v) is 7.37. The average molecular weight is 287 g/mol. The molecular weight excluding hydrogens is 266 g/mol. The number of nitrogens with zero attached hydrogens (tertiary/aromatic N) is 2. The molecule has 1 aliphatic heterocycles. The number of ether oxygens (including phenoxy) is 1. The molecule has 2 rings (SSSR count). The van der Waals surface area contributed by atoms with E-state index in [0.29, 0.717) is 17.0 Å². The summed E-state index contributed by atoms with van der Waals surface area (Å²) in [5.74, 6) is 0.449. The summed E-state index contributed by atoms with van der Waals surface area (Å²) in [6.07, 6.45) is 3.90. The van der Waals surface area contributed by atoms with Gasteiger partial charge in [-0.2, -0.15) is 5.26 Å². The highest BCUT2D eigenvalue weighted by atomic mass is 16.5. The Hall–Kier alpha value is -2.22. The molecule has 0 radical (unpaired) electrons. The molecule has 1 amide bonds. The van der Waals surface area contributed by atoms with Gasteiger partial charge in [-0.25, -0.2) is 0 Å². The molecule has 0 spiro atoms. The number of anilines is 1. The van der Waals surface area contributed by atoms with Crippen molar-refractivity contribution in [3.63, 3.8) is 0 Å². The van der Waals surface area contributed by atoms with E-state index in [9.17, 15) is 4.79 Å². The van der Waals surface area contributed by atoms with Crippen LogP contribution in [0.15, 0.2) is 18.2 Å². The van der Waals surface area contributed by atoms with Crippen LogP contribution in [-0.2, 0) is 4.79 Å². The summed E-state index contributed by atoms with van der Waals surface area (Å²) < 4.78 is 5.67. The summed E-state index contributed by atoms with van der Waals surface area (Å²) in [6.45, 7) is 3.34. The van der Waals surface area contributed by atoms with Gasteiger partial charge in [-0.15, -0.1) is 0 Å². The summed E-state index contributed by atoms with van der Waals surface area (Å²) in [6, 6.07) is 6.85. The lowest BCUT2D eigenvalue weighted by Crippen LogP contribution is -2.41. The normalized spacial score (nSPS) is 16.7. The monoisotopic (exact) mass is 287 g/mol. The van der Waals surface area contributed by atoms with Gasteiger partial charge in [0.2, 0.25) is 0 Å². The van der Waals surface area contributed by atoms with Gasteiger partial charge in [0, 0.05) is 13.1 Å². The van der Waals surface area contributed by atoms with E-state index in [-0.39, 0.29) is 5.91 Å². The third kappa shape index (κ3) is 3.88. The quantitative estimate of drug-likeness (QED) is 0.865. The molecule has 2 N–H and O–H groups in total. The maximum Gasteiger partial charge on any atom is 0.263 e. The molecule has 21 heavy (non-hydrogen) atoms. The molecule has 1 aromatic rings. The molecule has 0 aliphatic carbocycles. The van der Waals surface area contributed by atoms with E-state index in [1.54, 1.807) is 25.1 Å². The Morgan fingerprint density at radius 2 is 2.00 bits per heavy atom. The first-order chi connectivity index (χ1) is 10.1. The molecule has 5 heteroatoms. The zero-order valence-corrected chi connectivity index (χ0v) is 12.3. The van der Waals surface area contributed by atoms with Crippen molar-refractivity contribution >= 4 is 11.6 Å². The molecule has 1 saturated heterocycles. The Balaban J connectivity index is 2.01. The fourth-order valence-electron chi connectivity index (χ4n) is 2.51. The molecule has 0 aromatic heterocycles. The van der Waals surface area contributed by atoms with E-state index < -0.39 is 6.10 Å². The van der Waals surface area contributed by atoms with Crippen molar-refractivity contribution in [2.45, 2.75) is 38.7 Å². The van der Waals surface area contributed by atoms with Gasteiger partial charge >= 0.3 is 0 Å². The highest BCUT2D eigenvalue weighted by molar-refractivity contribution is 5.81. The number of likely N-dealkylation sites (tertiary alicyclic amines) is 1. The molecule has 0 bridgehead atoms. The van der Waals surface area contributed by atoms with E-state index >= 15 is 0 Å². The molecule has 1 fully saturated rings. The molecule has 5 nitrogen and oxygen atoms in total. The lowest BCUT2D eigenvalue weighted by Gasteiger charge is -2.24. The van der Waals surface area contributed by atoms with Gasteiger partial charge < -0.3 is 15.4 Å². The lowest BCUT2D eigenvalue weighted by atomic mass is 10.2. The van der Waals surface area contributed by atoms with E-state index in [2.05, 4.69) is 0 Å². The zero-order valence-electron chi connectivity index (χ0n) is 12.3. The number of nitrogen functional groups attached to an aromatic ring is 1. The maximum absolute atomic E-state index is 12.4. The number of amides is 1. The Bertz CT molecular complexity index is 543. The topological polar surface area (TPSA) is 79.3 Å². The number of rotatable bonds is 3. The molecule has 1 unspecified atom stereocenters. The molecule has 1 aliphatic rings. The summed E-state index contributed by atoms with van der Waals surface area (Å²) in [7, 11) is 0. The fraction of sp³-hybridized carbons (Fsp3) is 0.500. The van der Waals surface area contributed by atoms with Crippen molar-refractivity contribution < 1.29 is 9.53 Å². The van der Waals surface area contributed by atoms with Crippen LogP contribution in [0.2, 0.25) is 0 Å². The van der Waals surface area contributed by atoms with Crippen LogP contribution >= 0.6 is 0 Å². The third-order valence-electron chi connectivity index (χ3n) is 3.71. The minimum Gasteiger partial charge on any atom is -0.479 e. The van der Waals surface area contributed by atoms with Gasteiger partial charge in [0.25, 0.3) is 5.91 Å². The van der Waals surface area contributed by atoms with Gasteiger partial charge in [-0.3, -0.25) is 4.79 Å². The minimum atomic E-state index is -0.571. The summed E-state index contributed by atoms with van der Waals surface area (Å²) in [5, 5.41) is 8.81. The van der Waals surface area contributed by atoms with Crippen LogP contribution in [0.1, 0.15) is 38.2 Å². The second-order valence-corrected chi connectivity index (χ2v) is 5.36. The maximum atomic E-state index is 12.4. The van der Waals surface area contributed by atoms with Crippen molar-refractivity contribution in [1.82, 2.24) is 4.90 Å². The smallest absolute Gasteiger partial charge is 0.263 e. The standard InChI is InChI=1S/C16H21N3O2/c1-12(16(20)19-8-4-2-3-5-9-19)21-15-7-6-13(11-17)10-14(15)18/h6-7,10,12H,2-5,8-9,18H2,1H3. The van der Waals surface area contributed by atoms with Crippen LogP contribution in [-0.4, -0.2) is 30.0 Å². The summed E-state index contributed by atoms with van der Waals surface area (Å²) in [5.41, 5.74) is 6.71. The van der Waals surface area contributed by atoms with Crippen LogP contribution in [0.3, 0.4) is 0 Å². The van der Waals surface area contributed by atoms with E-state index in [0.717, 1.165) is 25.9 Å². The highest BCUT2D eigenvalue weighted by Crippen LogP contribution is 2.24. The SMILES string of the molecule is CC(Oc1ccc(C#N)cc1N)C(=O)N1CCCCCC1.